The van der Waals surface area contributed by atoms with Gasteiger partial charge in [-0.1, -0.05) is 12.1 Å². The second-order valence-electron chi connectivity index (χ2n) is 5.06. The molecule has 1 saturated heterocycles. The minimum atomic E-state index is -1.15. The molecule has 0 radical (unpaired) electrons. The van der Waals surface area contributed by atoms with Crippen LogP contribution in [0.15, 0.2) is 24.3 Å². The van der Waals surface area contributed by atoms with Crippen molar-refractivity contribution in [2.45, 2.75) is 37.5 Å². The molecule has 2 fully saturated rings. The fourth-order valence-electron chi connectivity index (χ4n) is 2.32. The molecule has 0 bridgehead atoms. The van der Waals surface area contributed by atoms with E-state index in [-0.39, 0.29) is 0 Å². The quantitative estimate of drug-likeness (QED) is 0.869. The van der Waals surface area contributed by atoms with Gasteiger partial charge in [0.15, 0.2) is 0 Å². The predicted octanol–water partition coefficient (Wildman–Crippen LogP) is 2.78. The smallest absolute Gasteiger partial charge is 0.138 e. The molecule has 1 N–H and O–H groups in total. The van der Waals surface area contributed by atoms with E-state index in [1.54, 1.807) is 0 Å². The second kappa shape index (κ2) is 4.30. The Morgan fingerprint density at radius 2 is 1.76 bits per heavy atom. The Balaban J connectivity index is 1.73. The van der Waals surface area contributed by atoms with Crippen molar-refractivity contribution >= 4 is 0 Å². The number of hydrogen-bond donors (Lipinski definition) is 1. The molecule has 92 valence electrons. The molecule has 1 aliphatic carbocycles. The summed E-state index contributed by atoms with van der Waals surface area (Å²) in [5.74, 6) is 0.869. The molecular formula is C14H18FNO. The van der Waals surface area contributed by atoms with E-state index in [1.807, 2.05) is 24.3 Å². The Bertz CT molecular complexity index is 380. The Labute approximate surface area is 101 Å². The topological polar surface area (TPSA) is 21.3 Å². The number of halogens is 1. The third-order valence-corrected chi connectivity index (χ3v) is 3.59. The first-order valence-corrected chi connectivity index (χ1v) is 6.43. The van der Waals surface area contributed by atoms with Crippen molar-refractivity contribution in [3.63, 3.8) is 0 Å². The van der Waals surface area contributed by atoms with Gasteiger partial charge in [-0.15, -0.1) is 0 Å². The molecule has 2 aliphatic rings. The highest BCUT2D eigenvalue weighted by atomic mass is 19.1. The van der Waals surface area contributed by atoms with Gasteiger partial charge in [0.05, 0.1) is 6.10 Å². The summed E-state index contributed by atoms with van der Waals surface area (Å²) in [6.45, 7) is 1.52. The molecular weight excluding hydrogens is 217 g/mol. The largest absolute Gasteiger partial charge is 0.490 e. The molecule has 17 heavy (non-hydrogen) atoms. The maximum absolute atomic E-state index is 14.6. The lowest BCUT2D eigenvalue weighted by Crippen LogP contribution is -2.36. The van der Waals surface area contributed by atoms with Crippen molar-refractivity contribution in [3.8, 4) is 5.75 Å². The van der Waals surface area contributed by atoms with E-state index in [9.17, 15) is 4.39 Å². The van der Waals surface area contributed by atoms with Gasteiger partial charge in [0.1, 0.15) is 11.4 Å². The fourth-order valence-corrected chi connectivity index (χ4v) is 2.32. The number of alkyl halides is 1. The summed E-state index contributed by atoms with van der Waals surface area (Å²) in [5, 5.41) is 3.19. The zero-order valence-corrected chi connectivity index (χ0v) is 9.92. The Kier molecular flexibility index (Phi) is 2.79. The molecule has 3 heteroatoms. The van der Waals surface area contributed by atoms with Gasteiger partial charge in [0.25, 0.3) is 0 Å². The summed E-state index contributed by atoms with van der Waals surface area (Å²) in [6, 6.07) is 7.56. The zero-order chi connectivity index (χ0) is 11.7. The average Bonchev–Trinajstić information content (AvgIpc) is 3.15. The van der Waals surface area contributed by atoms with Crippen LogP contribution in [0.25, 0.3) is 0 Å². The number of rotatable bonds is 3. The molecule has 1 aromatic rings. The lowest BCUT2D eigenvalue weighted by molar-refractivity contribution is 0.115. The van der Waals surface area contributed by atoms with Crippen LogP contribution in [0.5, 0.6) is 5.75 Å². The molecule has 2 nitrogen and oxygen atoms in total. The van der Waals surface area contributed by atoms with Crippen molar-refractivity contribution in [3.05, 3.63) is 29.8 Å². The minimum absolute atomic E-state index is 0.402. The number of piperidine rings is 1. The highest BCUT2D eigenvalue weighted by molar-refractivity contribution is 5.31. The van der Waals surface area contributed by atoms with E-state index in [4.69, 9.17) is 4.74 Å². The monoisotopic (exact) mass is 235 g/mol. The summed E-state index contributed by atoms with van der Waals surface area (Å²) in [7, 11) is 0. The first-order valence-electron chi connectivity index (χ1n) is 6.43. The van der Waals surface area contributed by atoms with Crippen LogP contribution in [0.1, 0.15) is 31.2 Å². The van der Waals surface area contributed by atoms with Gasteiger partial charge in [0, 0.05) is 0 Å². The molecule has 0 atom stereocenters. The molecule has 1 aliphatic heterocycles. The van der Waals surface area contributed by atoms with Gasteiger partial charge >= 0.3 is 0 Å². The molecule has 1 aromatic carbocycles. The van der Waals surface area contributed by atoms with Crippen molar-refractivity contribution in [1.29, 1.82) is 0 Å². The summed E-state index contributed by atoms with van der Waals surface area (Å²) in [4.78, 5) is 0. The third-order valence-electron chi connectivity index (χ3n) is 3.59. The van der Waals surface area contributed by atoms with Gasteiger partial charge in [-0.05, 0) is 56.5 Å². The summed E-state index contributed by atoms with van der Waals surface area (Å²) in [5.41, 5.74) is -0.356. The number of benzene rings is 1. The average molecular weight is 235 g/mol. The maximum atomic E-state index is 14.6. The minimum Gasteiger partial charge on any atom is -0.490 e. The summed E-state index contributed by atoms with van der Waals surface area (Å²) < 4.78 is 20.3. The van der Waals surface area contributed by atoms with Gasteiger partial charge in [-0.25, -0.2) is 4.39 Å². The van der Waals surface area contributed by atoms with Crippen LogP contribution in [0.4, 0.5) is 4.39 Å². The SMILES string of the molecule is FC1(c2ccc(OC3CC3)cc2)CCNCC1. The number of hydrogen-bond acceptors (Lipinski definition) is 2. The fraction of sp³-hybridized carbons (Fsp3) is 0.571. The van der Waals surface area contributed by atoms with Crippen LogP contribution in [-0.2, 0) is 5.67 Å². The highest BCUT2D eigenvalue weighted by Crippen LogP contribution is 2.36. The molecule has 0 amide bonds. The van der Waals surface area contributed by atoms with E-state index < -0.39 is 5.67 Å². The Morgan fingerprint density at radius 1 is 1.12 bits per heavy atom. The van der Waals surface area contributed by atoms with E-state index >= 15 is 0 Å². The van der Waals surface area contributed by atoms with E-state index in [0.717, 1.165) is 37.2 Å². The first-order chi connectivity index (χ1) is 8.26. The van der Waals surface area contributed by atoms with Crippen LogP contribution < -0.4 is 10.1 Å². The Hall–Kier alpha value is -1.09. The van der Waals surface area contributed by atoms with Crippen molar-refractivity contribution in [1.82, 2.24) is 5.32 Å². The Morgan fingerprint density at radius 3 is 2.35 bits per heavy atom. The summed E-state index contributed by atoms with van der Waals surface area (Å²) in [6.07, 6.45) is 3.84. The van der Waals surface area contributed by atoms with Crippen molar-refractivity contribution in [2.75, 3.05) is 13.1 Å². The van der Waals surface area contributed by atoms with Crippen molar-refractivity contribution < 1.29 is 9.13 Å². The molecule has 3 rings (SSSR count). The first kappa shape index (κ1) is 11.0. The van der Waals surface area contributed by atoms with E-state index in [0.29, 0.717) is 18.9 Å². The van der Waals surface area contributed by atoms with Crippen molar-refractivity contribution in [2.24, 2.45) is 0 Å². The summed E-state index contributed by atoms with van der Waals surface area (Å²) >= 11 is 0. The van der Waals surface area contributed by atoms with Crippen LogP contribution in [0.2, 0.25) is 0 Å². The zero-order valence-electron chi connectivity index (χ0n) is 9.92. The third kappa shape index (κ3) is 2.44. The number of nitrogens with one attached hydrogen (secondary N) is 1. The van der Waals surface area contributed by atoms with Gasteiger partial charge in [-0.3, -0.25) is 0 Å². The molecule has 1 saturated carbocycles. The van der Waals surface area contributed by atoms with Crippen LogP contribution in [0, 0.1) is 0 Å². The van der Waals surface area contributed by atoms with Gasteiger partial charge in [-0.2, -0.15) is 0 Å². The normalized spacial score (nSPS) is 23.4. The van der Waals surface area contributed by atoms with E-state index in [2.05, 4.69) is 5.32 Å². The maximum Gasteiger partial charge on any atom is 0.138 e. The lowest BCUT2D eigenvalue weighted by atomic mass is 9.87. The van der Waals surface area contributed by atoms with Crippen LogP contribution in [-0.4, -0.2) is 19.2 Å². The van der Waals surface area contributed by atoms with Gasteiger partial charge in [0.2, 0.25) is 0 Å². The molecule has 0 unspecified atom stereocenters. The van der Waals surface area contributed by atoms with E-state index in [1.165, 1.54) is 0 Å². The van der Waals surface area contributed by atoms with Crippen LogP contribution >= 0.6 is 0 Å². The lowest BCUT2D eigenvalue weighted by Gasteiger charge is -2.30. The highest BCUT2D eigenvalue weighted by Gasteiger charge is 2.33. The van der Waals surface area contributed by atoms with Gasteiger partial charge < -0.3 is 10.1 Å². The molecule has 0 spiro atoms. The second-order valence-corrected chi connectivity index (χ2v) is 5.06. The molecule has 0 aromatic heterocycles. The van der Waals surface area contributed by atoms with Crippen LogP contribution in [0.3, 0.4) is 0 Å². The number of ether oxygens (including phenoxy) is 1. The standard InChI is InChI=1S/C14H18FNO/c15-14(7-9-16-10-8-14)11-1-3-12(4-2-11)17-13-5-6-13/h1-4,13,16H,5-10H2. The predicted molar refractivity (Wildman–Crippen MR) is 65.0 cm³/mol. The molecule has 1 heterocycles.